The second-order valence-electron chi connectivity index (χ2n) is 3.31. The van der Waals surface area contributed by atoms with Crippen LogP contribution < -0.4 is 0 Å². The van der Waals surface area contributed by atoms with Crippen LogP contribution >= 0.6 is 0 Å². The van der Waals surface area contributed by atoms with Gasteiger partial charge in [0.2, 0.25) is 0 Å². The van der Waals surface area contributed by atoms with Crippen molar-refractivity contribution in [3.05, 3.63) is 22.3 Å². The van der Waals surface area contributed by atoms with Crippen LogP contribution in [0.3, 0.4) is 0 Å². The van der Waals surface area contributed by atoms with Gasteiger partial charge in [-0.1, -0.05) is 0 Å². The van der Waals surface area contributed by atoms with Crippen LogP contribution in [-0.2, 0) is 24.2 Å². The second kappa shape index (κ2) is 3.31. The van der Waals surface area contributed by atoms with E-state index in [1.807, 2.05) is 0 Å². The van der Waals surface area contributed by atoms with Gasteiger partial charge in [0.05, 0.1) is 0 Å². The SMILES string of the molecule is C[C](=[Zr+2])C1=C(C)C(C)=C(C)C1.[H-].[H-]. The Bertz CT molecular complexity index is 275. The van der Waals surface area contributed by atoms with Gasteiger partial charge in [-0.25, -0.2) is 0 Å². The van der Waals surface area contributed by atoms with Gasteiger partial charge in [0.25, 0.3) is 0 Å². The van der Waals surface area contributed by atoms with E-state index in [0.29, 0.717) is 0 Å². The molecular formula is C10H16Zr. The first-order valence-corrected chi connectivity index (χ1v) is 5.19. The summed E-state index contributed by atoms with van der Waals surface area (Å²) >= 11 is 1.56. The molecule has 0 saturated heterocycles. The van der Waals surface area contributed by atoms with Gasteiger partial charge in [0, 0.05) is 0 Å². The van der Waals surface area contributed by atoms with E-state index >= 15 is 0 Å². The Kier molecular flexibility index (Phi) is 2.81. The number of hydrogen-bond donors (Lipinski definition) is 0. The molecule has 0 aromatic carbocycles. The summed E-state index contributed by atoms with van der Waals surface area (Å²) < 4.78 is 1.56. The topological polar surface area (TPSA) is 0 Å². The minimum absolute atomic E-state index is 0. The van der Waals surface area contributed by atoms with Crippen LogP contribution in [0.2, 0.25) is 0 Å². The maximum absolute atomic E-state index is 2.24. The zero-order chi connectivity index (χ0) is 8.59. The van der Waals surface area contributed by atoms with Crippen LogP contribution in [0.15, 0.2) is 22.3 Å². The Morgan fingerprint density at radius 3 is 2.00 bits per heavy atom. The van der Waals surface area contributed by atoms with Crippen molar-refractivity contribution in [1.29, 1.82) is 0 Å². The number of allylic oxidation sites excluding steroid dienone is 4. The molecule has 0 fully saturated rings. The van der Waals surface area contributed by atoms with E-state index in [0.717, 1.165) is 0 Å². The quantitative estimate of drug-likeness (QED) is 0.646. The zero-order valence-electron chi connectivity index (χ0n) is 9.71. The summed E-state index contributed by atoms with van der Waals surface area (Å²) in [6.07, 6.45) is 1.20. The van der Waals surface area contributed by atoms with E-state index in [4.69, 9.17) is 0 Å². The third kappa shape index (κ3) is 1.69. The van der Waals surface area contributed by atoms with Crippen molar-refractivity contribution in [3.63, 3.8) is 0 Å². The number of hydrogen-bond acceptors (Lipinski definition) is 0. The van der Waals surface area contributed by atoms with Crippen LogP contribution in [-0.4, -0.2) is 3.21 Å². The van der Waals surface area contributed by atoms with Crippen molar-refractivity contribution in [2.24, 2.45) is 0 Å². The summed E-state index contributed by atoms with van der Waals surface area (Å²) in [5.41, 5.74) is 6.19. The molecule has 0 spiro atoms. The first-order valence-electron chi connectivity index (χ1n) is 3.96. The van der Waals surface area contributed by atoms with Gasteiger partial charge >= 0.3 is 83.8 Å². The van der Waals surface area contributed by atoms with Crippen molar-refractivity contribution in [1.82, 2.24) is 0 Å². The smallest absolute Gasteiger partial charge is 1.00 e. The molecular weight excluding hydrogens is 211 g/mol. The van der Waals surface area contributed by atoms with E-state index in [9.17, 15) is 0 Å². The predicted octanol–water partition coefficient (Wildman–Crippen LogP) is 3.01. The Morgan fingerprint density at radius 1 is 1.27 bits per heavy atom. The van der Waals surface area contributed by atoms with Gasteiger partial charge in [-0.15, -0.1) is 0 Å². The Labute approximate surface area is 86.7 Å². The fourth-order valence-corrected chi connectivity index (χ4v) is 2.17. The summed E-state index contributed by atoms with van der Waals surface area (Å²) in [4.78, 5) is 0. The largest absolute Gasteiger partial charge is 1.00 e. The van der Waals surface area contributed by atoms with Crippen LogP contribution in [0.1, 0.15) is 37.0 Å². The summed E-state index contributed by atoms with van der Waals surface area (Å²) in [6.45, 7) is 8.96. The van der Waals surface area contributed by atoms with E-state index in [-0.39, 0.29) is 2.85 Å². The summed E-state index contributed by atoms with van der Waals surface area (Å²) in [7, 11) is 0. The molecule has 0 radical (unpaired) electrons. The molecule has 1 aliphatic rings. The molecule has 0 unspecified atom stereocenters. The Morgan fingerprint density at radius 2 is 1.82 bits per heavy atom. The van der Waals surface area contributed by atoms with Crippen LogP contribution in [0, 0.1) is 0 Å². The summed E-state index contributed by atoms with van der Waals surface area (Å²) in [5, 5.41) is 0. The summed E-state index contributed by atoms with van der Waals surface area (Å²) in [5.74, 6) is 0. The van der Waals surface area contributed by atoms with Crippen LogP contribution in [0.4, 0.5) is 0 Å². The standard InChI is InChI=1S/C10H14.Zr.2H/c1-5-10-6-7(2)8(3)9(10)4;;;/h6H2,1-4H3;;;/q;+2;2*-1. The molecule has 0 amide bonds. The third-order valence-electron chi connectivity index (χ3n) is 2.55. The van der Waals surface area contributed by atoms with E-state index < -0.39 is 0 Å². The molecule has 60 valence electrons. The maximum Gasteiger partial charge on any atom is -1.00 e. The molecule has 0 aliphatic heterocycles. The predicted molar refractivity (Wildman–Crippen MR) is 48.6 cm³/mol. The Balaban J connectivity index is 0. The normalized spacial score (nSPS) is 18.4. The molecule has 0 atom stereocenters. The van der Waals surface area contributed by atoms with Gasteiger partial charge in [-0.05, 0) is 0 Å². The molecule has 0 nitrogen and oxygen atoms in total. The van der Waals surface area contributed by atoms with Crippen molar-refractivity contribution < 1.29 is 27.1 Å². The molecule has 0 aromatic rings. The minimum atomic E-state index is 0. The van der Waals surface area contributed by atoms with Crippen LogP contribution in [0.25, 0.3) is 0 Å². The van der Waals surface area contributed by atoms with Crippen LogP contribution in [0.5, 0.6) is 0 Å². The molecule has 0 aromatic heterocycles. The van der Waals surface area contributed by atoms with Gasteiger partial charge in [-0.3, -0.25) is 0 Å². The molecule has 1 rings (SSSR count). The monoisotopic (exact) mass is 226 g/mol. The van der Waals surface area contributed by atoms with Crippen molar-refractivity contribution in [3.8, 4) is 0 Å². The molecule has 0 bridgehead atoms. The third-order valence-corrected chi connectivity index (χ3v) is 3.29. The van der Waals surface area contributed by atoms with E-state index in [1.54, 1.807) is 38.6 Å². The molecule has 0 saturated carbocycles. The van der Waals surface area contributed by atoms with Gasteiger partial charge in [0.1, 0.15) is 0 Å². The van der Waals surface area contributed by atoms with Gasteiger partial charge in [-0.2, -0.15) is 0 Å². The van der Waals surface area contributed by atoms with Gasteiger partial charge in [0.15, 0.2) is 0 Å². The van der Waals surface area contributed by atoms with Crippen molar-refractivity contribution in [2.75, 3.05) is 0 Å². The van der Waals surface area contributed by atoms with Crippen molar-refractivity contribution >= 4 is 3.21 Å². The van der Waals surface area contributed by atoms with E-state index in [2.05, 4.69) is 27.7 Å². The molecule has 0 heterocycles. The fourth-order valence-electron chi connectivity index (χ4n) is 1.49. The van der Waals surface area contributed by atoms with Gasteiger partial charge < -0.3 is 2.85 Å². The van der Waals surface area contributed by atoms with Crippen molar-refractivity contribution in [2.45, 2.75) is 34.1 Å². The molecule has 1 aliphatic carbocycles. The maximum atomic E-state index is 2.24. The molecule has 0 N–H and O–H groups in total. The first kappa shape index (κ1) is 9.32. The number of rotatable bonds is 1. The zero-order valence-corrected chi connectivity index (χ0v) is 10.2. The average Bonchev–Trinajstić information content (AvgIpc) is 2.17. The summed E-state index contributed by atoms with van der Waals surface area (Å²) in [6, 6.07) is 0. The second-order valence-corrected chi connectivity index (χ2v) is 5.15. The minimum Gasteiger partial charge on any atom is -1.00 e. The average molecular weight is 227 g/mol. The molecule has 1 heteroatoms. The Hall–Kier alpha value is 0.233. The van der Waals surface area contributed by atoms with E-state index in [1.165, 1.54) is 17.6 Å². The fraction of sp³-hybridized carbons (Fsp3) is 0.500. The first-order chi connectivity index (χ1) is 5.04. The molecule has 11 heavy (non-hydrogen) atoms.